The molecular formula is C34H42N4O8. The molecule has 0 bridgehead atoms. The summed E-state index contributed by atoms with van der Waals surface area (Å²) in [5, 5.41) is 16.0. The molecule has 0 aromatic heterocycles. The summed E-state index contributed by atoms with van der Waals surface area (Å²) in [4.78, 5) is 48.8. The first-order valence-electron chi connectivity index (χ1n) is 15.2. The third kappa shape index (κ3) is 15.1. The zero-order chi connectivity index (χ0) is 32.8. The average Bonchev–Trinajstić information content (AvgIpc) is 3.07. The molecule has 0 aliphatic carbocycles. The van der Waals surface area contributed by atoms with E-state index in [0.717, 1.165) is 36.0 Å². The minimum Gasteiger partial charge on any atom is -0.481 e. The third-order valence-corrected chi connectivity index (χ3v) is 6.70. The number of carboxylic acid groups (broad SMARTS) is 1. The smallest absolute Gasteiger partial charge is 0.424 e. The number of unbranched alkanes of at least 4 members (excludes halogenated alkanes) is 3. The van der Waals surface area contributed by atoms with Gasteiger partial charge in [0.05, 0.1) is 12.5 Å². The van der Waals surface area contributed by atoms with Gasteiger partial charge in [-0.15, -0.1) is 0 Å². The molecule has 46 heavy (non-hydrogen) atoms. The van der Waals surface area contributed by atoms with E-state index in [2.05, 4.69) is 16.1 Å². The predicted molar refractivity (Wildman–Crippen MR) is 170 cm³/mol. The van der Waals surface area contributed by atoms with Crippen molar-refractivity contribution in [2.45, 2.75) is 58.0 Å². The maximum atomic E-state index is 13.0. The highest BCUT2D eigenvalue weighted by molar-refractivity contribution is 5.71. The van der Waals surface area contributed by atoms with E-state index in [-0.39, 0.29) is 39.3 Å². The number of benzene rings is 3. The van der Waals surface area contributed by atoms with Gasteiger partial charge in [-0.25, -0.2) is 24.8 Å². The number of nitrogens with zero attached hydrogens (tertiary/aromatic N) is 1. The van der Waals surface area contributed by atoms with Gasteiger partial charge < -0.3 is 30.0 Å². The standard InChI is InChI=1S/C34H42N4O8/c39-31(40)22-30(37-33(42)45-25-28-16-8-4-9-17-28)23-36-38(34(43)46-26-29-18-10-5-11-19-29)21-13-2-1-12-20-35-32(41)44-24-27-14-6-3-7-15-27/h3-11,14-19,30,36H,1-2,12-13,20-26H2,(H,35,41)(H,37,42)(H,39,40)/t30-/m0/s1. The maximum absolute atomic E-state index is 13.0. The summed E-state index contributed by atoms with van der Waals surface area (Å²) in [7, 11) is 0. The number of carboxylic acids is 1. The van der Waals surface area contributed by atoms with Gasteiger partial charge in [-0.2, -0.15) is 0 Å². The van der Waals surface area contributed by atoms with E-state index in [1.54, 1.807) is 12.1 Å². The number of rotatable bonds is 19. The van der Waals surface area contributed by atoms with E-state index < -0.39 is 30.3 Å². The van der Waals surface area contributed by atoms with Crippen LogP contribution in [0.1, 0.15) is 48.8 Å². The Morgan fingerprint density at radius 2 is 1.15 bits per heavy atom. The first-order chi connectivity index (χ1) is 22.4. The van der Waals surface area contributed by atoms with Crippen molar-refractivity contribution < 1.29 is 38.5 Å². The van der Waals surface area contributed by atoms with Gasteiger partial charge in [0.15, 0.2) is 0 Å². The van der Waals surface area contributed by atoms with Crippen molar-refractivity contribution in [2.24, 2.45) is 0 Å². The van der Waals surface area contributed by atoms with Gasteiger partial charge in [-0.3, -0.25) is 4.79 Å². The molecule has 3 aromatic rings. The highest BCUT2D eigenvalue weighted by atomic mass is 16.6. The molecule has 0 aliphatic heterocycles. The number of alkyl carbamates (subject to hydrolysis) is 2. The minimum absolute atomic E-state index is 0.0300. The highest BCUT2D eigenvalue weighted by Gasteiger charge is 2.21. The molecule has 0 radical (unpaired) electrons. The van der Waals surface area contributed by atoms with Crippen LogP contribution in [0.3, 0.4) is 0 Å². The molecule has 3 amide bonds. The Kier molecular flexibility index (Phi) is 16.0. The first-order valence-corrected chi connectivity index (χ1v) is 15.2. The molecule has 3 aromatic carbocycles. The fraction of sp³-hybridized carbons (Fsp3) is 0.353. The second-order valence-corrected chi connectivity index (χ2v) is 10.5. The minimum atomic E-state index is -1.12. The van der Waals surface area contributed by atoms with Gasteiger partial charge in [0.1, 0.15) is 19.8 Å². The lowest BCUT2D eigenvalue weighted by Crippen LogP contribution is -2.51. The molecule has 246 valence electrons. The van der Waals surface area contributed by atoms with Crippen LogP contribution in [0.2, 0.25) is 0 Å². The van der Waals surface area contributed by atoms with E-state index in [1.807, 2.05) is 78.9 Å². The van der Waals surface area contributed by atoms with Crippen molar-refractivity contribution in [3.63, 3.8) is 0 Å². The van der Waals surface area contributed by atoms with Crippen LogP contribution in [0.5, 0.6) is 0 Å². The lowest BCUT2D eigenvalue weighted by molar-refractivity contribution is -0.137. The SMILES string of the molecule is O=C(O)C[C@@H](CNN(CCCCCCNC(=O)OCc1ccccc1)C(=O)OCc1ccccc1)NC(=O)OCc1ccccc1. The second kappa shape index (κ2) is 20.8. The number of nitrogens with one attached hydrogen (secondary N) is 3. The van der Waals surface area contributed by atoms with Gasteiger partial charge in [-0.05, 0) is 29.5 Å². The van der Waals surface area contributed by atoms with Crippen molar-refractivity contribution in [1.82, 2.24) is 21.1 Å². The van der Waals surface area contributed by atoms with E-state index >= 15 is 0 Å². The number of aliphatic carboxylic acids is 1. The fourth-order valence-corrected chi connectivity index (χ4v) is 4.28. The quantitative estimate of drug-likeness (QED) is 0.0772. The van der Waals surface area contributed by atoms with Crippen molar-refractivity contribution in [3.05, 3.63) is 108 Å². The Bertz CT molecular complexity index is 1330. The largest absolute Gasteiger partial charge is 0.481 e. The number of hydrogen-bond donors (Lipinski definition) is 4. The fourth-order valence-electron chi connectivity index (χ4n) is 4.28. The van der Waals surface area contributed by atoms with Crippen LogP contribution in [0.25, 0.3) is 0 Å². The molecule has 3 rings (SSSR count). The zero-order valence-electron chi connectivity index (χ0n) is 25.8. The van der Waals surface area contributed by atoms with E-state index in [0.29, 0.717) is 13.0 Å². The number of ether oxygens (including phenoxy) is 3. The molecule has 0 spiro atoms. The lowest BCUT2D eigenvalue weighted by Gasteiger charge is -2.26. The second-order valence-electron chi connectivity index (χ2n) is 10.5. The Balaban J connectivity index is 1.44. The highest BCUT2D eigenvalue weighted by Crippen LogP contribution is 2.07. The Hall–Kier alpha value is -5.10. The first kappa shape index (κ1) is 35.4. The predicted octanol–water partition coefficient (Wildman–Crippen LogP) is 5.39. The Morgan fingerprint density at radius 1 is 0.652 bits per heavy atom. The summed E-state index contributed by atoms with van der Waals surface area (Å²) < 4.78 is 15.9. The van der Waals surface area contributed by atoms with Crippen LogP contribution in [-0.2, 0) is 38.8 Å². The topological polar surface area (TPSA) is 156 Å². The van der Waals surface area contributed by atoms with Gasteiger partial charge >= 0.3 is 24.2 Å². The van der Waals surface area contributed by atoms with Crippen molar-refractivity contribution in [1.29, 1.82) is 0 Å². The van der Waals surface area contributed by atoms with E-state index in [4.69, 9.17) is 14.2 Å². The van der Waals surface area contributed by atoms with Crippen LogP contribution in [0.15, 0.2) is 91.0 Å². The van der Waals surface area contributed by atoms with Crippen molar-refractivity contribution in [3.8, 4) is 0 Å². The van der Waals surface area contributed by atoms with Crippen LogP contribution in [-0.4, -0.2) is 60.0 Å². The van der Waals surface area contributed by atoms with E-state index in [9.17, 15) is 24.3 Å². The van der Waals surface area contributed by atoms with Crippen LogP contribution in [0, 0.1) is 0 Å². The Labute approximate surface area is 269 Å². The van der Waals surface area contributed by atoms with Crippen LogP contribution >= 0.6 is 0 Å². The summed E-state index contributed by atoms with van der Waals surface area (Å²) >= 11 is 0. The molecule has 1 atom stereocenters. The van der Waals surface area contributed by atoms with Gasteiger partial charge in [-0.1, -0.05) is 104 Å². The molecular weight excluding hydrogens is 592 g/mol. The number of hydrogen-bond acceptors (Lipinski definition) is 8. The van der Waals surface area contributed by atoms with Crippen molar-refractivity contribution >= 4 is 24.2 Å². The Morgan fingerprint density at radius 3 is 1.70 bits per heavy atom. The van der Waals surface area contributed by atoms with Crippen LogP contribution < -0.4 is 16.1 Å². The number of amides is 3. The number of carbonyl (C=O) groups excluding carboxylic acids is 3. The van der Waals surface area contributed by atoms with Crippen LogP contribution in [0.4, 0.5) is 14.4 Å². The monoisotopic (exact) mass is 634 g/mol. The lowest BCUT2D eigenvalue weighted by atomic mass is 10.2. The van der Waals surface area contributed by atoms with Gasteiger partial charge in [0.25, 0.3) is 0 Å². The molecule has 0 fully saturated rings. The average molecular weight is 635 g/mol. The molecule has 0 saturated heterocycles. The zero-order valence-corrected chi connectivity index (χ0v) is 25.8. The number of carbonyl (C=O) groups is 4. The molecule has 0 heterocycles. The molecule has 0 saturated carbocycles. The summed E-state index contributed by atoms with van der Waals surface area (Å²) in [5.74, 6) is -1.12. The summed E-state index contributed by atoms with van der Waals surface area (Å²) in [6, 6.07) is 26.9. The number of hydrazine groups is 1. The summed E-state index contributed by atoms with van der Waals surface area (Å²) in [5.41, 5.74) is 5.45. The molecule has 12 heteroatoms. The van der Waals surface area contributed by atoms with Gasteiger partial charge in [0.2, 0.25) is 0 Å². The molecule has 12 nitrogen and oxygen atoms in total. The molecule has 0 unspecified atom stereocenters. The van der Waals surface area contributed by atoms with Crippen molar-refractivity contribution in [2.75, 3.05) is 19.6 Å². The van der Waals surface area contributed by atoms with E-state index in [1.165, 1.54) is 5.01 Å². The van der Waals surface area contributed by atoms with Gasteiger partial charge in [0, 0.05) is 19.6 Å². The summed E-state index contributed by atoms with van der Waals surface area (Å²) in [6.45, 7) is 0.973. The maximum Gasteiger partial charge on any atom is 0.424 e. The summed E-state index contributed by atoms with van der Waals surface area (Å²) in [6.07, 6.45) is 0.620. The molecule has 4 N–H and O–H groups in total. The molecule has 0 aliphatic rings. The third-order valence-electron chi connectivity index (χ3n) is 6.70. The normalized spacial score (nSPS) is 11.1.